The largest absolute Gasteiger partial charge is 2.00 e. The molecule has 0 N–H and O–H groups in total. The average Bonchev–Trinajstić information content (AvgIpc) is 0.811. The molecule has 0 radical (unpaired) electrons. The monoisotopic (exact) mass is 193 g/mol. The molecule has 0 bridgehead atoms. The maximum Gasteiger partial charge on any atom is 2.00 e. The molecule has 0 aromatic rings. The van der Waals surface area contributed by atoms with Gasteiger partial charge >= 0.3 is 45.4 Å². The van der Waals surface area contributed by atoms with Crippen LogP contribution in [0.15, 0.2) is 0 Å². The van der Waals surface area contributed by atoms with Gasteiger partial charge in [-0.2, -0.15) is 0 Å². The maximum absolute atomic E-state index is 8.25. The molecule has 0 aromatic carbocycles. The first kappa shape index (κ1) is 15.9. The van der Waals surface area contributed by atoms with Crippen molar-refractivity contribution in [3.63, 3.8) is 0 Å². The Morgan fingerprint density at radius 2 is 1.33 bits per heavy atom. The van der Waals surface area contributed by atoms with Crippen molar-refractivity contribution in [2.24, 2.45) is 0 Å². The van der Waals surface area contributed by atoms with E-state index in [0.29, 0.717) is 0 Å². The normalized spacial score (nSPS) is 4.00. The summed E-state index contributed by atoms with van der Waals surface area (Å²) >= 11 is 0. The van der Waals surface area contributed by atoms with Gasteiger partial charge < -0.3 is 15.3 Å². The van der Waals surface area contributed by atoms with E-state index in [2.05, 4.69) is 0 Å². The zero-order chi connectivity index (χ0) is 3.58. The molecule has 0 fully saturated rings. The van der Waals surface area contributed by atoms with Crippen LogP contribution in [0, 0.1) is 15.3 Å². The van der Waals surface area contributed by atoms with E-state index in [1.807, 2.05) is 0 Å². The van der Waals surface area contributed by atoms with Gasteiger partial charge in [0, 0.05) is 0 Å². The van der Waals surface area contributed by atoms with E-state index in [4.69, 9.17) is 15.3 Å². The van der Waals surface area contributed by atoms with Crippen molar-refractivity contribution in [1.82, 2.24) is 0 Å². The van der Waals surface area contributed by atoms with Crippen LogP contribution in [0.1, 0.15) is 0 Å². The topological polar surface area (TPSA) is 66.2 Å². The molecule has 0 saturated carbocycles. The molecule has 0 saturated heterocycles. The Balaban J connectivity index is -0.0000000450. The second-order valence-electron chi connectivity index (χ2n) is 0.224. The van der Waals surface area contributed by atoms with Crippen molar-refractivity contribution in [1.29, 1.82) is 0 Å². The third-order valence-electron chi connectivity index (χ3n) is 0. The van der Waals surface area contributed by atoms with Gasteiger partial charge in [0.25, 0.3) is 0 Å². The minimum atomic E-state index is -1.75. The van der Waals surface area contributed by atoms with E-state index in [1.165, 1.54) is 0 Å². The molecule has 0 unspecified atom stereocenters. The molecule has 0 aliphatic rings. The number of hydrogen-bond acceptors (Lipinski definition) is 3. The summed E-state index contributed by atoms with van der Waals surface area (Å²) in [6, 6.07) is 0. The van der Waals surface area contributed by atoms with Crippen LogP contribution < -0.4 is 0 Å². The zero-order valence-corrected chi connectivity index (χ0v) is 5.58. The van der Waals surface area contributed by atoms with Crippen molar-refractivity contribution >= 4 is 23.1 Å². The Kier molecular flexibility index (Phi) is 24.4. The summed E-state index contributed by atoms with van der Waals surface area (Å²) < 4.78 is 0. The molecule has 0 aliphatic carbocycles. The molecule has 0 aliphatic heterocycles. The van der Waals surface area contributed by atoms with E-state index in [-0.39, 0.29) is 45.4 Å². The fourth-order valence-electron chi connectivity index (χ4n) is 0. The molecule has 6 heavy (non-hydrogen) atoms. The minimum Gasteiger partial charge on any atom is -0.356 e. The van der Waals surface area contributed by atoms with Gasteiger partial charge in [0.05, 0.1) is 5.09 Å². The van der Waals surface area contributed by atoms with Crippen LogP contribution in [0.5, 0.6) is 0 Å². The predicted molar refractivity (Wildman–Crippen MR) is 16.1 cm³/mol. The van der Waals surface area contributed by atoms with Gasteiger partial charge in [0.2, 0.25) is 0 Å². The van der Waals surface area contributed by atoms with Crippen LogP contribution >= 0.6 is 0 Å². The number of hydrogen-bond donors (Lipinski definition) is 0. The van der Waals surface area contributed by atoms with Gasteiger partial charge in [-0.15, -0.1) is 0 Å². The molecule has 6 heteroatoms. The first-order chi connectivity index (χ1) is 1.73. The third kappa shape index (κ3) is 130. The minimum absolute atomic E-state index is 0. The van der Waals surface area contributed by atoms with E-state index in [0.717, 1.165) is 0 Å². The van der Waals surface area contributed by atoms with Crippen LogP contribution in [0.4, 0.5) is 0 Å². The zero-order valence-electron chi connectivity index (χ0n) is 2.68. The SMILES string of the molecule is O=[N+]([O-])[O-].[Ag+].[Mg+2]. The van der Waals surface area contributed by atoms with Crippen LogP contribution in [-0.2, 0) is 22.4 Å². The van der Waals surface area contributed by atoms with Crippen molar-refractivity contribution < 1.29 is 27.5 Å². The molecule has 0 rings (SSSR count). The van der Waals surface area contributed by atoms with Gasteiger partial charge in [-0.1, -0.05) is 0 Å². The van der Waals surface area contributed by atoms with E-state index in [9.17, 15) is 0 Å². The predicted octanol–water partition coefficient (Wildman–Crippen LogP) is -0.622. The van der Waals surface area contributed by atoms with Crippen molar-refractivity contribution in [2.45, 2.75) is 0 Å². The molecule has 0 spiro atoms. The Morgan fingerprint density at radius 3 is 1.33 bits per heavy atom. The molecular formula is AgMgNO3+2. The fraction of sp³-hybridized carbons (Fsp3) is 0. The average molecular weight is 194 g/mol. The summed E-state index contributed by atoms with van der Waals surface area (Å²) in [5, 5.41) is 14.8. The number of nitrogens with zero attached hydrogens (tertiary/aromatic N) is 1. The van der Waals surface area contributed by atoms with Crippen molar-refractivity contribution in [3.05, 3.63) is 15.3 Å². The van der Waals surface area contributed by atoms with Gasteiger partial charge in [-0.05, 0) is 0 Å². The third-order valence-corrected chi connectivity index (χ3v) is 0. The molecule has 0 heterocycles. The van der Waals surface area contributed by atoms with Gasteiger partial charge in [-0.3, -0.25) is 0 Å². The smallest absolute Gasteiger partial charge is 0.356 e. The Morgan fingerprint density at radius 1 is 1.33 bits per heavy atom. The summed E-state index contributed by atoms with van der Waals surface area (Å²) in [6.45, 7) is 0. The summed E-state index contributed by atoms with van der Waals surface area (Å²) in [7, 11) is 0. The summed E-state index contributed by atoms with van der Waals surface area (Å²) in [5.74, 6) is 0. The molecule has 4 nitrogen and oxygen atoms in total. The second kappa shape index (κ2) is 9.20. The van der Waals surface area contributed by atoms with Crippen molar-refractivity contribution in [2.75, 3.05) is 0 Å². The van der Waals surface area contributed by atoms with Crippen molar-refractivity contribution in [3.8, 4) is 0 Å². The standard InChI is InChI=1S/Ag.Mg.NO3/c;;2-1(3)4/q+1;+2;-1. The van der Waals surface area contributed by atoms with Crippen LogP contribution in [0.2, 0.25) is 0 Å². The molecule has 0 amide bonds. The van der Waals surface area contributed by atoms with Gasteiger partial charge in [0.1, 0.15) is 0 Å². The second-order valence-corrected chi connectivity index (χ2v) is 0.224. The van der Waals surface area contributed by atoms with Crippen LogP contribution in [0.3, 0.4) is 0 Å². The summed E-state index contributed by atoms with van der Waals surface area (Å²) in [4.78, 5) is 8.25. The molecule has 0 atom stereocenters. The van der Waals surface area contributed by atoms with E-state index >= 15 is 0 Å². The van der Waals surface area contributed by atoms with Gasteiger partial charge in [-0.25, -0.2) is 0 Å². The summed E-state index contributed by atoms with van der Waals surface area (Å²) in [6.07, 6.45) is 0. The number of rotatable bonds is 0. The van der Waals surface area contributed by atoms with E-state index in [1.54, 1.807) is 0 Å². The maximum atomic E-state index is 8.25. The van der Waals surface area contributed by atoms with Crippen LogP contribution in [-0.4, -0.2) is 28.1 Å². The molecule has 0 aromatic heterocycles. The molecule has 34 valence electrons. The molecular weight excluding hydrogens is 194 g/mol. The Bertz CT molecular complexity index is 33.8. The Labute approximate surface area is 65.7 Å². The van der Waals surface area contributed by atoms with Crippen LogP contribution in [0.25, 0.3) is 0 Å². The first-order valence-corrected chi connectivity index (χ1v) is 0.548. The Hall–Kier alpha value is 0.706. The summed E-state index contributed by atoms with van der Waals surface area (Å²) in [5.41, 5.74) is 0. The van der Waals surface area contributed by atoms with Gasteiger partial charge in [0.15, 0.2) is 0 Å². The fourth-order valence-corrected chi connectivity index (χ4v) is 0. The van der Waals surface area contributed by atoms with E-state index < -0.39 is 5.09 Å². The quantitative estimate of drug-likeness (QED) is 0.293. The first-order valence-electron chi connectivity index (χ1n) is 0.548.